The Hall–Kier alpha value is -3.68. The Bertz CT molecular complexity index is 945. The molecule has 8 nitrogen and oxygen atoms in total. The van der Waals surface area contributed by atoms with E-state index in [1.54, 1.807) is 19.2 Å². The van der Waals surface area contributed by atoms with Gasteiger partial charge in [-0.15, -0.1) is 0 Å². The molecule has 3 aromatic rings. The van der Waals surface area contributed by atoms with Crippen molar-refractivity contribution in [3.63, 3.8) is 0 Å². The normalized spacial score (nSPS) is 10.3. The summed E-state index contributed by atoms with van der Waals surface area (Å²) in [7, 11) is 1.59. The van der Waals surface area contributed by atoms with Crippen LogP contribution in [0.25, 0.3) is 22.5 Å². The van der Waals surface area contributed by atoms with Crippen LogP contribution >= 0.6 is 0 Å². The van der Waals surface area contributed by atoms with Crippen molar-refractivity contribution in [3.8, 4) is 39.8 Å². The maximum Gasteiger partial charge on any atom is 0.308 e. The molecule has 27 heavy (non-hydrogen) atoms. The minimum Gasteiger partial charge on any atom is -0.497 e. The summed E-state index contributed by atoms with van der Waals surface area (Å²) in [4.78, 5) is 22.6. The number of hydrogen-bond donors (Lipinski definition) is 1. The average molecular weight is 367 g/mol. The van der Waals surface area contributed by atoms with Crippen LogP contribution in [0.15, 0.2) is 42.5 Å². The largest absolute Gasteiger partial charge is 0.497 e. The van der Waals surface area contributed by atoms with E-state index in [4.69, 9.17) is 14.2 Å². The molecule has 0 unspecified atom stereocenters. The van der Waals surface area contributed by atoms with Crippen LogP contribution in [0.1, 0.15) is 13.8 Å². The third-order valence-corrected chi connectivity index (χ3v) is 3.59. The van der Waals surface area contributed by atoms with Gasteiger partial charge in [0, 0.05) is 31.0 Å². The molecule has 0 saturated carbocycles. The van der Waals surface area contributed by atoms with Crippen molar-refractivity contribution < 1.29 is 23.8 Å². The van der Waals surface area contributed by atoms with E-state index in [0.29, 0.717) is 17.0 Å². The van der Waals surface area contributed by atoms with E-state index in [1.165, 1.54) is 19.9 Å². The van der Waals surface area contributed by atoms with Crippen LogP contribution in [0.2, 0.25) is 0 Å². The summed E-state index contributed by atoms with van der Waals surface area (Å²) >= 11 is 0. The lowest BCUT2D eigenvalue weighted by molar-refractivity contribution is -0.132. The molecule has 0 bridgehead atoms. The highest BCUT2D eigenvalue weighted by atomic mass is 16.5. The fourth-order valence-electron chi connectivity index (χ4n) is 2.54. The summed E-state index contributed by atoms with van der Waals surface area (Å²) < 4.78 is 15.5. The molecular weight excluding hydrogens is 350 g/mol. The Balaban J connectivity index is 2.06. The molecule has 3 rings (SSSR count). The lowest BCUT2D eigenvalue weighted by Gasteiger charge is -2.09. The number of esters is 2. The lowest BCUT2D eigenvalue weighted by Crippen LogP contribution is -2.04. The van der Waals surface area contributed by atoms with Gasteiger partial charge in [-0.2, -0.15) is 15.4 Å². The minimum absolute atomic E-state index is 0.236. The molecule has 1 N–H and O–H groups in total. The molecule has 0 aliphatic heterocycles. The first-order chi connectivity index (χ1) is 13.0. The Labute approximate surface area is 155 Å². The predicted molar refractivity (Wildman–Crippen MR) is 96.4 cm³/mol. The Kier molecular flexibility index (Phi) is 5.16. The maximum atomic E-state index is 11.3. The zero-order valence-electron chi connectivity index (χ0n) is 15.0. The standard InChI is InChI=1S/C19H17N3O5/c1-11(23)26-16-8-14(9-17(10-16)27-12(2)24)19-18(20-22-21-19)13-4-6-15(25-3)7-5-13/h4-10H,1-3H3,(H,20,21,22). The van der Waals surface area contributed by atoms with Crippen molar-refractivity contribution in [2.45, 2.75) is 13.8 Å². The van der Waals surface area contributed by atoms with Gasteiger partial charge in [-0.1, -0.05) is 0 Å². The average Bonchev–Trinajstić information content (AvgIpc) is 3.10. The van der Waals surface area contributed by atoms with Gasteiger partial charge in [-0.05, 0) is 36.4 Å². The SMILES string of the molecule is COc1ccc(-c2n[nH]nc2-c2cc(OC(C)=O)cc(OC(C)=O)c2)cc1. The van der Waals surface area contributed by atoms with Crippen molar-refractivity contribution in [2.75, 3.05) is 7.11 Å². The Morgan fingerprint density at radius 3 is 1.78 bits per heavy atom. The number of H-pyrrole nitrogens is 1. The summed E-state index contributed by atoms with van der Waals surface area (Å²) in [5, 5.41) is 11.0. The fourth-order valence-corrected chi connectivity index (χ4v) is 2.54. The topological polar surface area (TPSA) is 103 Å². The first-order valence-corrected chi connectivity index (χ1v) is 8.03. The summed E-state index contributed by atoms with van der Waals surface area (Å²) in [6, 6.07) is 12.0. The van der Waals surface area contributed by atoms with Crippen molar-refractivity contribution in [1.29, 1.82) is 0 Å². The van der Waals surface area contributed by atoms with Crippen molar-refractivity contribution >= 4 is 11.9 Å². The second kappa shape index (κ2) is 7.69. The fraction of sp³-hybridized carbons (Fsp3) is 0.158. The number of rotatable bonds is 5. The number of benzene rings is 2. The summed E-state index contributed by atoms with van der Waals surface area (Å²) in [5.74, 6) is 0.213. The first-order valence-electron chi connectivity index (χ1n) is 8.03. The molecule has 0 aliphatic carbocycles. The van der Waals surface area contributed by atoms with Crippen LogP contribution < -0.4 is 14.2 Å². The van der Waals surface area contributed by atoms with Crippen molar-refractivity contribution in [1.82, 2.24) is 15.4 Å². The Morgan fingerprint density at radius 2 is 1.30 bits per heavy atom. The van der Waals surface area contributed by atoms with Gasteiger partial charge in [0.05, 0.1) is 7.11 Å². The number of carbonyl (C=O) groups is 2. The number of nitrogens with zero attached hydrogens (tertiary/aromatic N) is 2. The first kappa shape index (κ1) is 18.1. The highest BCUT2D eigenvalue weighted by Gasteiger charge is 2.16. The molecule has 0 aliphatic rings. The number of hydrogen-bond acceptors (Lipinski definition) is 7. The van der Waals surface area contributed by atoms with Crippen LogP contribution in [-0.2, 0) is 9.59 Å². The predicted octanol–water partition coefficient (Wildman–Crippen LogP) is 3.00. The molecule has 0 radical (unpaired) electrons. The second-order valence-electron chi connectivity index (χ2n) is 5.63. The van der Waals surface area contributed by atoms with E-state index < -0.39 is 11.9 Å². The van der Waals surface area contributed by atoms with E-state index in [0.717, 1.165) is 11.3 Å². The maximum absolute atomic E-state index is 11.3. The smallest absolute Gasteiger partial charge is 0.308 e. The summed E-state index contributed by atoms with van der Waals surface area (Å²) in [5.41, 5.74) is 2.49. The molecule has 0 saturated heterocycles. The number of methoxy groups -OCH3 is 1. The van der Waals surface area contributed by atoms with Crippen LogP contribution in [0.3, 0.4) is 0 Å². The van der Waals surface area contributed by atoms with Gasteiger partial charge in [0.1, 0.15) is 28.6 Å². The number of aromatic nitrogens is 3. The molecule has 8 heteroatoms. The molecule has 1 heterocycles. The molecule has 138 valence electrons. The van der Waals surface area contributed by atoms with Gasteiger partial charge in [0.25, 0.3) is 0 Å². The quantitative estimate of drug-likeness (QED) is 0.546. The third-order valence-electron chi connectivity index (χ3n) is 3.59. The van der Waals surface area contributed by atoms with E-state index in [2.05, 4.69) is 15.4 Å². The minimum atomic E-state index is -0.489. The zero-order chi connectivity index (χ0) is 19.4. The monoisotopic (exact) mass is 367 g/mol. The summed E-state index contributed by atoms with van der Waals surface area (Å²) in [6.45, 7) is 2.58. The van der Waals surface area contributed by atoms with E-state index in [-0.39, 0.29) is 11.5 Å². The van der Waals surface area contributed by atoms with E-state index in [1.807, 2.05) is 24.3 Å². The van der Waals surface area contributed by atoms with Gasteiger partial charge in [0.15, 0.2) is 0 Å². The number of carbonyl (C=O) groups excluding carboxylic acids is 2. The van der Waals surface area contributed by atoms with Gasteiger partial charge in [0.2, 0.25) is 0 Å². The molecule has 1 aromatic heterocycles. The number of ether oxygens (including phenoxy) is 3. The van der Waals surface area contributed by atoms with Crippen LogP contribution in [0, 0.1) is 0 Å². The van der Waals surface area contributed by atoms with Crippen LogP contribution in [0.4, 0.5) is 0 Å². The number of nitrogens with one attached hydrogen (secondary N) is 1. The second-order valence-corrected chi connectivity index (χ2v) is 5.63. The lowest BCUT2D eigenvalue weighted by atomic mass is 10.0. The molecule has 0 amide bonds. The van der Waals surface area contributed by atoms with Gasteiger partial charge >= 0.3 is 11.9 Å². The summed E-state index contributed by atoms with van der Waals surface area (Å²) in [6.07, 6.45) is 0. The van der Waals surface area contributed by atoms with E-state index in [9.17, 15) is 9.59 Å². The molecule has 0 spiro atoms. The Morgan fingerprint density at radius 1 is 0.778 bits per heavy atom. The van der Waals surface area contributed by atoms with Gasteiger partial charge in [-0.25, -0.2) is 0 Å². The number of aromatic amines is 1. The van der Waals surface area contributed by atoms with Crippen LogP contribution in [-0.4, -0.2) is 34.5 Å². The highest BCUT2D eigenvalue weighted by Crippen LogP contribution is 2.34. The third kappa shape index (κ3) is 4.30. The van der Waals surface area contributed by atoms with Crippen molar-refractivity contribution in [3.05, 3.63) is 42.5 Å². The molecule has 0 atom stereocenters. The zero-order valence-corrected chi connectivity index (χ0v) is 15.0. The van der Waals surface area contributed by atoms with Crippen LogP contribution in [0.5, 0.6) is 17.2 Å². The van der Waals surface area contributed by atoms with Crippen molar-refractivity contribution in [2.24, 2.45) is 0 Å². The highest BCUT2D eigenvalue weighted by molar-refractivity contribution is 5.80. The molecular formula is C19H17N3O5. The molecule has 2 aromatic carbocycles. The van der Waals surface area contributed by atoms with E-state index >= 15 is 0 Å². The molecule has 0 fully saturated rings. The van der Waals surface area contributed by atoms with Gasteiger partial charge < -0.3 is 14.2 Å². The van der Waals surface area contributed by atoms with Gasteiger partial charge in [-0.3, -0.25) is 9.59 Å².